The van der Waals surface area contributed by atoms with Crippen molar-refractivity contribution in [2.24, 2.45) is 0 Å². The summed E-state index contributed by atoms with van der Waals surface area (Å²) in [4.78, 5) is 0.289. The minimum Gasteiger partial charge on any atom is -0.362 e. The zero-order chi connectivity index (χ0) is 12.3. The molecule has 0 saturated carbocycles. The van der Waals surface area contributed by atoms with Crippen molar-refractivity contribution in [1.29, 1.82) is 0 Å². The average molecular weight is 255 g/mol. The summed E-state index contributed by atoms with van der Waals surface area (Å²) in [5.74, 6) is 0. The summed E-state index contributed by atoms with van der Waals surface area (Å²) in [7, 11) is -3.45. The van der Waals surface area contributed by atoms with E-state index in [4.69, 9.17) is 4.74 Å². The van der Waals surface area contributed by atoms with Crippen molar-refractivity contribution < 1.29 is 13.2 Å². The van der Waals surface area contributed by atoms with E-state index in [1.165, 1.54) is 0 Å². The highest BCUT2D eigenvalue weighted by Crippen LogP contribution is 2.15. The first kappa shape index (κ1) is 12.5. The zero-order valence-corrected chi connectivity index (χ0v) is 10.7. The fourth-order valence-electron chi connectivity index (χ4n) is 1.79. The van der Waals surface area contributed by atoms with Gasteiger partial charge in [-0.3, -0.25) is 0 Å². The molecule has 2 rings (SSSR count). The summed E-state index contributed by atoms with van der Waals surface area (Å²) >= 11 is 0. The topological polar surface area (TPSA) is 55.4 Å². The molecule has 17 heavy (non-hydrogen) atoms. The van der Waals surface area contributed by atoms with Gasteiger partial charge in [0.2, 0.25) is 10.0 Å². The van der Waals surface area contributed by atoms with E-state index in [2.05, 4.69) is 4.72 Å². The van der Waals surface area contributed by atoms with Crippen LogP contribution in [0.2, 0.25) is 0 Å². The van der Waals surface area contributed by atoms with E-state index in [9.17, 15) is 8.42 Å². The Morgan fingerprint density at radius 2 is 1.94 bits per heavy atom. The number of aryl methyl sites for hydroxylation is 1. The Kier molecular flexibility index (Phi) is 3.81. The van der Waals surface area contributed by atoms with Crippen LogP contribution in [0.4, 0.5) is 0 Å². The first-order valence-corrected chi connectivity index (χ1v) is 7.27. The standard InChI is InChI=1S/C12H17NO3S/c1-10-5-7-11(8-6-10)17(14,15)13-12-4-2-3-9-16-12/h5-8,12-13H,2-4,9H2,1H3/t12-/m0/s1. The smallest absolute Gasteiger partial charge is 0.242 e. The Hall–Kier alpha value is -0.910. The zero-order valence-electron chi connectivity index (χ0n) is 9.85. The van der Waals surface area contributed by atoms with Crippen molar-refractivity contribution in [2.75, 3.05) is 6.61 Å². The third-order valence-electron chi connectivity index (χ3n) is 2.80. The molecule has 1 N–H and O–H groups in total. The molecule has 1 saturated heterocycles. The van der Waals surface area contributed by atoms with E-state index in [-0.39, 0.29) is 11.1 Å². The largest absolute Gasteiger partial charge is 0.362 e. The van der Waals surface area contributed by atoms with E-state index in [0.29, 0.717) is 6.61 Å². The number of hydrogen-bond acceptors (Lipinski definition) is 3. The fraction of sp³-hybridized carbons (Fsp3) is 0.500. The van der Waals surface area contributed by atoms with Crippen molar-refractivity contribution in [3.05, 3.63) is 29.8 Å². The maximum absolute atomic E-state index is 12.0. The number of hydrogen-bond donors (Lipinski definition) is 1. The van der Waals surface area contributed by atoms with Crippen LogP contribution in [0, 0.1) is 6.92 Å². The van der Waals surface area contributed by atoms with Crippen molar-refractivity contribution in [3.63, 3.8) is 0 Å². The molecule has 1 aliphatic heterocycles. The van der Waals surface area contributed by atoms with Gasteiger partial charge in [-0.05, 0) is 38.3 Å². The molecule has 1 aliphatic rings. The van der Waals surface area contributed by atoms with Crippen LogP contribution in [-0.4, -0.2) is 21.3 Å². The maximum Gasteiger partial charge on any atom is 0.242 e. The summed E-state index contributed by atoms with van der Waals surface area (Å²) in [6.45, 7) is 2.55. The van der Waals surface area contributed by atoms with Crippen LogP contribution in [0.5, 0.6) is 0 Å². The monoisotopic (exact) mass is 255 g/mol. The molecule has 4 nitrogen and oxygen atoms in total. The van der Waals surface area contributed by atoms with Crippen LogP contribution in [0.3, 0.4) is 0 Å². The van der Waals surface area contributed by atoms with E-state index in [0.717, 1.165) is 24.8 Å². The Bertz CT molecular complexity index is 461. The van der Waals surface area contributed by atoms with Crippen molar-refractivity contribution in [1.82, 2.24) is 4.72 Å². The molecule has 0 amide bonds. The third-order valence-corrected chi connectivity index (χ3v) is 4.26. The highest BCUT2D eigenvalue weighted by atomic mass is 32.2. The van der Waals surface area contributed by atoms with Crippen LogP contribution in [-0.2, 0) is 14.8 Å². The van der Waals surface area contributed by atoms with Crippen LogP contribution < -0.4 is 4.72 Å². The van der Waals surface area contributed by atoms with Gasteiger partial charge in [-0.1, -0.05) is 17.7 Å². The molecule has 5 heteroatoms. The molecule has 0 radical (unpaired) electrons. The molecule has 1 atom stereocenters. The van der Waals surface area contributed by atoms with Gasteiger partial charge < -0.3 is 4.74 Å². The quantitative estimate of drug-likeness (QED) is 0.896. The molecule has 0 aromatic heterocycles. The van der Waals surface area contributed by atoms with Crippen molar-refractivity contribution >= 4 is 10.0 Å². The lowest BCUT2D eigenvalue weighted by molar-refractivity contribution is 0.00955. The van der Waals surface area contributed by atoms with Gasteiger partial charge >= 0.3 is 0 Å². The van der Waals surface area contributed by atoms with Gasteiger partial charge in [0, 0.05) is 6.61 Å². The van der Waals surface area contributed by atoms with E-state index in [1.807, 2.05) is 6.92 Å². The van der Waals surface area contributed by atoms with Gasteiger partial charge in [-0.2, -0.15) is 4.72 Å². The molecular weight excluding hydrogens is 238 g/mol. The molecule has 0 aliphatic carbocycles. The second-order valence-corrected chi connectivity index (χ2v) is 6.00. The predicted molar refractivity (Wildman–Crippen MR) is 65.1 cm³/mol. The second-order valence-electron chi connectivity index (χ2n) is 4.29. The molecule has 94 valence electrons. The summed E-state index contributed by atoms with van der Waals surface area (Å²) in [6.07, 6.45) is 2.37. The van der Waals surface area contributed by atoms with Crippen LogP contribution in [0.15, 0.2) is 29.2 Å². The minimum atomic E-state index is -3.45. The number of ether oxygens (including phenoxy) is 1. The molecular formula is C12H17NO3S. The molecule has 0 bridgehead atoms. The number of sulfonamides is 1. The average Bonchev–Trinajstić information content (AvgIpc) is 2.30. The summed E-state index contributed by atoms with van der Waals surface area (Å²) < 4.78 is 32.0. The van der Waals surface area contributed by atoms with Crippen LogP contribution in [0.25, 0.3) is 0 Å². The van der Waals surface area contributed by atoms with Gasteiger partial charge in [0.15, 0.2) is 0 Å². The first-order chi connectivity index (χ1) is 8.08. The highest BCUT2D eigenvalue weighted by molar-refractivity contribution is 7.89. The normalized spacial score (nSPS) is 21.4. The van der Waals surface area contributed by atoms with Gasteiger partial charge in [0.1, 0.15) is 6.23 Å². The van der Waals surface area contributed by atoms with Crippen LogP contribution in [0.1, 0.15) is 24.8 Å². The number of benzene rings is 1. The third kappa shape index (κ3) is 3.28. The van der Waals surface area contributed by atoms with Crippen LogP contribution >= 0.6 is 0 Å². The number of rotatable bonds is 3. The molecule has 0 unspecified atom stereocenters. The lowest BCUT2D eigenvalue weighted by Gasteiger charge is -2.23. The Balaban J connectivity index is 2.10. The van der Waals surface area contributed by atoms with Crippen molar-refractivity contribution in [3.8, 4) is 0 Å². The summed E-state index contributed by atoms with van der Waals surface area (Å²) in [5, 5.41) is 0. The fourth-order valence-corrected chi connectivity index (χ4v) is 2.95. The molecule has 1 aromatic carbocycles. The lowest BCUT2D eigenvalue weighted by atomic mass is 10.2. The molecule has 1 heterocycles. The molecule has 1 aromatic rings. The first-order valence-electron chi connectivity index (χ1n) is 5.78. The summed E-state index contributed by atoms with van der Waals surface area (Å²) in [6, 6.07) is 6.80. The highest BCUT2D eigenvalue weighted by Gasteiger charge is 2.21. The number of nitrogens with one attached hydrogen (secondary N) is 1. The Morgan fingerprint density at radius 3 is 2.53 bits per heavy atom. The van der Waals surface area contributed by atoms with Gasteiger partial charge in [0.05, 0.1) is 4.90 Å². The second kappa shape index (κ2) is 5.16. The summed E-state index contributed by atoms with van der Waals surface area (Å²) in [5.41, 5.74) is 1.04. The molecule has 1 fully saturated rings. The van der Waals surface area contributed by atoms with E-state index >= 15 is 0 Å². The lowest BCUT2D eigenvalue weighted by Crippen LogP contribution is -2.38. The van der Waals surface area contributed by atoms with Gasteiger partial charge in [-0.15, -0.1) is 0 Å². The van der Waals surface area contributed by atoms with E-state index < -0.39 is 10.0 Å². The van der Waals surface area contributed by atoms with Gasteiger partial charge in [-0.25, -0.2) is 8.42 Å². The maximum atomic E-state index is 12.0. The van der Waals surface area contributed by atoms with E-state index in [1.54, 1.807) is 24.3 Å². The molecule has 0 spiro atoms. The van der Waals surface area contributed by atoms with Crippen molar-refractivity contribution in [2.45, 2.75) is 37.3 Å². The predicted octanol–water partition coefficient (Wildman–Crippen LogP) is 1.80. The minimum absolute atomic E-state index is 0.289. The van der Waals surface area contributed by atoms with Gasteiger partial charge in [0.25, 0.3) is 0 Å². The SMILES string of the molecule is Cc1ccc(S(=O)(=O)N[C@@H]2CCCCO2)cc1. The Morgan fingerprint density at radius 1 is 1.24 bits per heavy atom. The Labute approximate surface area is 102 Å².